The molecule has 0 unspecified atom stereocenters. The fraction of sp³-hybridized carbons (Fsp3) is 0.333. The molecule has 3 heteroatoms. The Balaban J connectivity index is 2.30. The number of rotatable bonds is 1. The second-order valence-electron chi connectivity index (χ2n) is 2.85. The number of hydrogen-bond acceptors (Lipinski definition) is 1. The van der Waals surface area contributed by atoms with E-state index in [1.165, 1.54) is 5.56 Å². The van der Waals surface area contributed by atoms with Crippen LogP contribution in [0.25, 0.3) is 0 Å². The average Bonchev–Trinajstić information content (AvgIpc) is 2.46. The first-order valence-electron chi connectivity index (χ1n) is 3.80. The van der Waals surface area contributed by atoms with E-state index in [-0.39, 0.29) is 6.10 Å². The minimum absolute atomic E-state index is 0.276. The molecule has 0 spiro atoms. The van der Waals surface area contributed by atoms with Crippen LogP contribution in [0.4, 0.5) is 0 Å². The van der Waals surface area contributed by atoms with Crippen LogP contribution >= 0.6 is 27.5 Å². The Morgan fingerprint density at radius 1 is 1.58 bits per heavy atom. The normalized spacial score (nSPS) is 20.3. The van der Waals surface area contributed by atoms with Gasteiger partial charge in [-0.05, 0) is 23.8 Å². The van der Waals surface area contributed by atoms with Gasteiger partial charge in [0.15, 0.2) is 0 Å². The summed E-state index contributed by atoms with van der Waals surface area (Å²) in [7, 11) is 0. The summed E-state index contributed by atoms with van der Waals surface area (Å²) in [5.74, 6) is 0.976. The van der Waals surface area contributed by atoms with Gasteiger partial charge in [-0.3, -0.25) is 0 Å². The highest BCUT2D eigenvalue weighted by Gasteiger charge is 2.21. The third kappa shape index (κ3) is 1.46. The monoisotopic (exact) mass is 246 g/mol. The largest absolute Gasteiger partial charge is 0.489 e. The lowest BCUT2D eigenvalue weighted by Crippen LogP contribution is -2.13. The second-order valence-corrected chi connectivity index (χ2v) is 3.93. The first kappa shape index (κ1) is 8.39. The van der Waals surface area contributed by atoms with E-state index in [0.29, 0.717) is 0 Å². The van der Waals surface area contributed by atoms with Crippen LogP contribution in [0.15, 0.2) is 18.2 Å². The Morgan fingerprint density at radius 2 is 2.42 bits per heavy atom. The molecule has 1 heterocycles. The Hall–Kier alpha value is -0.210. The Morgan fingerprint density at radius 3 is 3.17 bits per heavy atom. The molecule has 0 radical (unpaired) electrons. The van der Waals surface area contributed by atoms with Crippen LogP contribution < -0.4 is 4.74 Å². The molecule has 0 aromatic heterocycles. The van der Waals surface area contributed by atoms with E-state index < -0.39 is 0 Å². The number of benzene rings is 1. The van der Waals surface area contributed by atoms with Gasteiger partial charge in [0.1, 0.15) is 11.9 Å². The zero-order valence-electron chi connectivity index (χ0n) is 6.39. The fourth-order valence-electron chi connectivity index (χ4n) is 1.38. The third-order valence-electron chi connectivity index (χ3n) is 1.94. The van der Waals surface area contributed by atoms with Gasteiger partial charge in [0.2, 0.25) is 0 Å². The lowest BCUT2D eigenvalue weighted by Gasteiger charge is -2.04. The second kappa shape index (κ2) is 3.27. The molecule has 1 aromatic rings. The molecule has 0 fully saturated rings. The van der Waals surface area contributed by atoms with E-state index in [2.05, 4.69) is 15.9 Å². The highest BCUT2D eigenvalue weighted by molar-refractivity contribution is 9.09. The zero-order chi connectivity index (χ0) is 8.55. The number of hydrogen-bond donors (Lipinski definition) is 0. The summed E-state index contributed by atoms with van der Waals surface area (Å²) >= 11 is 9.24. The smallest absolute Gasteiger partial charge is 0.123 e. The van der Waals surface area contributed by atoms with Crippen molar-refractivity contribution in [3.8, 4) is 5.75 Å². The minimum atomic E-state index is 0.276. The van der Waals surface area contributed by atoms with Crippen molar-refractivity contribution < 1.29 is 4.74 Å². The maximum Gasteiger partial charge on any atom is 0.123 e. The van der Waals surface area contributed by atoms with E-state index >= 15 is 0 Å². The highest BCUT2D eigenvalue weighted by Crippen LogP contribution is 2.31. The van der Waals surface area contributed by atoms with Crippen LogP contribution in [0.5, 0.6) is 5.75 Å². The van der Waals surface area contributed by atoms with Crippen LogP contribution in [-0.4, -0.2) is 11.4 Å². The lowest BCUT2D eigenvalue weighted by molar-refractivity contribution is 0.260. The number of ether oxygens (including phenoxy) is 1. The van der Waals surface area contributed by atoms with Gasteiger partial charge in [-0.25, -0.2) is 0 Å². The topological polar surface area (TPSA) is 9.23 Å². The summed E-state index contributed by atoms with van der Waals surface area (Å²) in [5.41, 5.74) is 1.21. The zero-order valence-corrected chi connectivity index (χ0v) is 8.73. The molecular weight excluding hydrogens is 239 g/mol. The number of fused-ring (bicyclic) bond motifs is 1. The van der Waals surface area contributed by atoms with E-state index in [1.807, 2.05) is 18.2 Å². The molecule has 0 saturated heterocycles. The van der Waals surface area contributed by atoms with Gasteiger partial charge in [0.05, 0.1) is 0 Å². The van der Waals surface area contributed by atoms with Crippen LogP contribution in [-0.2, 0) is 6.42 Å². The molecule has 2 rings (SSSR count). The molecule has 1 atom stereocenters. The predicted molar refractivity (Wildman–Crippen MR) is 53.4 cm³/mol. The van der Waals surface area contributed by atoms with Gasteiger partial charge in [-0.1, -0.05) is 27.5 Å². The Labute approximate surface area is 84.8 Å². The maximum atomic E-state index is 5.85. The lowest BCUT2D eigenvalue weighted by atomic mass is 10.1. The first-order chi connectivity index (χ1) is 5.79. The summed E-state index contributed by atoms with van der Waals surface area (Å²) in [6.45, 7) is 0. The molecule has 0 saturated carbocycles. The van der Waals surface area contributed by atoms with Crippen molar-refractivity contribution in [2.75, 3.05) is 5.33 Å². The molecule has 0 bridgehead atoms. The SMILES string of the molecule is Clc1ccc2c(c1)C[C@H](CBr)O2. The average molecular weight is 248 g/mol. The molecule has 1 nitrogen and oxygen atoms in total. The first-order valence-corrected chi connectivity index (χ1v) is 5.30. The van der Waals surface area contributed by atoms with Gasteiger partial charge >= 0.3 is 0 Å². The Bertz CT molecular complexity index is 301. The fourth-order valence-corrected chi connectivity index (χ4v) is 1.93. The number of halogens is 2. The predicted octanol–water partition coefficient (Wildman–Crippen LogP) is 3.04. The third-order valence-corrected chi connectivity index (χ3v) is 2.89. The van der Waals surface area contributed by atoms with Gasteiger partial charge in [-0.15, -0.1) is 0 Å². The molecular formula is C9H8BrClO. The standard InChI is InChI=1S/C9H8BrClO/c10-5-8-4-6-3-7(11)1-2-9(6)12-8/h1-3,8H,4-5H2/t8-/m1/s1. The molecule has 1 aromatic carbocycles. The van der Waals surface area contributed by atoms with Gasteiger partial charge < -0.3 is 4.74 Å². The van der Waals surface area contributed by atoms with E-state index in [0.717, 1.165) is 22.5 Å². The van der Waals surface area contributed by atoms with Gasteiger partial charge in [0, 0.05) is 16.8 Å². The van der Waals surface area contributed by atoms with Gasteiger partial charge in [0.25, 0.3) is 0 Å². The van der Waals surface area contributed by atoms with Crippen LogP contribution in [0.1, 0.15) is 5.56 Å². The van der Waals surface area contributed by atoms with E-state index in [4.69, 9.17) is 16.3 Å². The molecule has 64 valence electrons. The minimum Gasteiger partial charge on any atom is -0.489 e. The van der Waals surface area contributed by atoms with E-state index in [1.54, 1.807) is 0 Å². The van der Waals surface area contributed by atoms with E-state index in [9.17, 15) is 0 Å². The molecule has 12 heavy (non-hydrogen) atoms. The quantitative estimate of drug-likeness (QED) is 0.693. The van der Waals surface area contributed by atoms with Crippen molar-refractivity contribution in [2.45, 2.75) is 12.5 Å². The van der Waals surface area contributed by atoms with Crippen molar-refractivity contribution >= 4 is 27.5 Å². The summed E-state index contributed by atoms with van der Waals surface area (Å²) in [4.78, 5) is 0. The number of alkyl halides is 1. The molecule has 1 aliphatic rings. The summed E-state index contributed by atoms with van der Waals surface area (Å²) in [6, 6.07) is 5.76. The molecule has 1 aliphatic heterocycles. The summed E-state index contributed by atoms with van der Waals surface area (Å²) in [5, 5.41) is 1.66. The summed E-state index contributed by atoms with van der Waals surface area (Å²) < 4.78 is 5.61. The van der Waals surface area contributed by atoms with Crippen LogP contribution in [0, 0.1) is 0 Å². The summed E-state index contributed by atoms with van der Waals surface area (Å²) in [6.07, 6.45) is 1.24. The van der Waals surface area contributed by atoms with Gasteiger partial charge in [-0.2, -0.15) is 0 Å². The van der Waals surface area contributed by atoms with Crippen LogP contribution in [0.3, 0.4) is 0 Å². The maximum absolute atomic E-state index is 5.85. The van der Waals surface area contributed by atoms with Crippen molar-refractivity contribution in [1.82, 2.24) is 0 Å². The highest BCUT2D eigenvalue weighted by atomic mass is 79.9. The van der Waals surface area contributed by atoms with Crippen molar-refractivity contribution in [2.24, 2.45) is 0 Å². The Kier molecular flexibility index (Phi) is 2.28. The molecule has 0 N–H and O–H groups in total. The van der Waals surface area contributed by atoms with Crippen molar-refractivity contribution in [3.63, 3.8) is 0 Å². The van der Waals surface area contributed by atoms with Crippen LogP contribution in [0.2, 0.25) is 5.02 Å². The molecule has 0 aliphatic carbocycles. The van der Waals surface area contributed by atoms with Crippen molar-refractivity contribution in [3.05, 3.63) is 28.8 Å². The van der Waals surface area contributed by atoms with Crippen molar-refractivity contribution in [1.29, 1.82) is 0 Å². The molecule has 0 amide bonds.